The lowest BCUT2D eigenvalue weighted by Crippen LogP contribution is -2.49. The van der Waals surface area contributed by atoms with Gasteiger partial charge in [0.2, 0.25) is 5.91 Å². The van der Waals surface area contributed by atoms with Crippen LogP contribution in [0.4, 0.5) is 5.13 Å². The van der Waals surface area contributed by atoms with Crippen LogP contribution in [-0.2, 0) is 11.2 Å². The van der Waals surface area contributed by atoms with Crippen molar-refractivity contribution in [3.8, 4) is 0 Å². The highest BCUT2D eigenvalue weighted by molar-refractivity contribution is 7.14. The van der Waals surface area contributed by atoms with Crippen LogP contribution >= 0.6 is 36.2 Å². The Balaban J connectivity index is 0.00000288. The zero-order chi connectivity index (χ0) is 17.0. The number of carbonyl (C=O) groups is 2. The van der Waals surface area contributed by atoms with Gasteiger partial charge in [0.05, 0.1) is 23.9 Å². The normalized spacial score (nSPS) is 10.4. The number of furan rings is 1. The first-order valence-electron chi connectivity index (χ1n) is 7.11. The standard InChI is InChI=1S/C15H20N4O3S.2ClH/c1-9-11(4-5-22-9)13(21)18-14-17-10(7-23-14)6-12(20)19-15(2,3)8-16;;/h4-5,7H,6,8,16H2,1-3H3,(H,19,20)(H,17,18,21);2*1H. The van der Waals surface area contributed by atoms with Crippen LogP contribution in [0.25, 0.3) is 0 Å². The average Bonchev–Trinajstić information content (AvgIpc) is 3.07. The van der Waals surface area contributed by atoms with E-state index in [0.29, 0.717) is 28.7 Å². The minimum Gasteiger partial charge on any atom is -0.469 e. The van der Waals surface area contributed by atoms with Crippen LogP contribution in [0, 0.1) is 6.92 Å². The van der Waals surface area contributed by atoms with Crippen LogP contribution in [0.15, 0.2) is 22.1 Å². The molecule has 0 bridgehead atoms. The van der Waals surface area contributed by atoms with E-state index in [1.165, 1.54) is 17.6 Å². The van der Waals surface area contributed by atoms with Crippen molar-refractivity contribution >= 4 is 53.1 Å². The van der Waals surface area contributed by atoms with Crippen LogP contribution < -0.4 is 16.4 Å². The topological polar surface area (TPSA) is 110 Å². The van der Waals surface area contributed by atoms with Gasteiger partial charge in [-0.3, -0.25) is 14.9 Å². The summed E-state index contributed by atoms with van der Waals surface area (Å²) in [7, 11) is 0. The van der Waals surface area contributed by atoms with Gasteiger partial charge in [-0.25, -0.2) is 4.98 Å². The van der Waals surface area contributed by atoms with Crippen molar-refractivity contribution in [2.75, 3.05) is 11.9 Å². The first-order chi connectivity index (χ1) is 10.8. The summed E-state index contributed by atoms with van der Waals surface area (Å²) in [4.78, 5) is 28.3. The Hall–Kier alpha value is -1.61. The first-order valence-corrected chi connectivity index (χ1v) is 7.99. The molecule has 2 heterocycles. The summed E-state index contributed by atoms with van der Waals surface area (Å²) >= 11 is 1.27. The number of anilines is 1. The smallest absolute Gasteiger partial charge is 0.260 e. The molecule has 0 aromatic carbocycles. The molecule has 0 atom stereocenters. The molecule has 7 nitrogen and oxygen atoms in total. The molecule has 0 fully saturated rings. The van der Waals surface area contributed by atoms with E-state index in [0.717, 1.165) is 0 Å². The summed E-state index contributed by atoms with van der Waals surface area (Å²) in [6.07, 6.45) is 1.60. The van der Waals surface area contributed by atoms with E-state index in [-0.39, 0.29) is 43.0 Å². The van der Waals surface area contributed by atoms with Crippen LogP contribution in [0.2, 0.25) is 0 Å². The first kappa shape index (κ1) is 23.4. The second-order valence-corrected chi connectivity index (χ2v) is 6.66. The Bertz CT molecular complexity index is 715. The van der Waals surface area contributed by atoms with Gasteiger partial charge in [-0.2, -0.15) is 0 Å². The van der Waals surface area contributed by atoms with E-state index >= 15 is 0 Å². The van der Waals surface area contributed by atoms with Crippen molar-refractivity contribution in [1.82, 2.24) is 10.3 Å². The van der Waals surface area contributed by atoms with E-state index in [1.54, 1.807) is 18.4 Å². The van der Waals surface area contributed by atoms with Crippen LogP contribution in [0.5, 0.6) is 0 Å². The van der Waals surface area contributed by atoms with Crippen molar-refractivity contribution in [2.45, 2.75) is 32.7 Å². The largest absolute Gasteiger partial charge is 0.469 e. The quantitative estimate of drug-likeness (QED) is 0.679. The van der Waals surface area contributed by atoms with Gasteiger partial charge in [0, 0.05) is 17.5 Å². The molecular weight excluding hydrogens is 387 g/mol. The van der Waals surface area contributed by atoms with E-state index in [1.807, 2.05) is 13.8 Å². The van der Waals surface area contributed by atoms with Gasteiger partial charge in [-0.05, 0) is 26.8 Å². The lowest BCUT2D eigenvalue weighted by molar-refractivity contribution is -0.121. The van der Waals surface area contributed by atoms with Gasteiger partial charge < -0.3 is 15.5 Å². The molecule has 0 aliphatic rings. The number of aromatic nitrogens is 1. The Morgan fingerprint density at radius 1 is 1.36 bits per heavy atom. The highest BCUT2D eigenvalue weighted by Gasteiger charge is 2.19. The van der Waals surface area contributed by atoms with Crippen molar-refractivity contribution in [1.29, 1.82) is 0 Å². The number of nitrogens with one attached hydrogen (secondary N) is 2. The van der Waals surface area contributed by atoms with Gasteiger partial charge in [-0.1, -0.05) is 0 Å². The molecule has 140 valence electrons. The molecule has 0 spiro atoms. The molecule has 2 aromatic heterocycles. The summed E-state index contributed by atoms with van der Waals surface area (Å²) in [6, 6.07) is 1.60. The van der Waals surface area contributed by atoms with Crippen molar-refractivity contribution < 1.29 is 14.0 Å². The molecule has 0 aliphatic heterocycles. The Kier molecular flexibility index (Phi) is 9.14. The van der Waals surface area contributed by atoms with Gasteiger partial charge >= 0.3 is 0 Å². The predicted octanol–water partition coefficient (Wildman–Crippen LogP) is 2.54. The number of rotatable bonds is 6. The fourth-order valence-corrected chi connectivity index (χ4v) is 2.57. The molecule has 0 aliphatic carbocycles. The molecule has 2 amide bonds. The number of thiazole rings is 1. The second-order valence-electron chi connectivity index (χ2n) is 5.80. The zero-order valence-corrected chi connectivity index (χ0v) is 16.6. The van der Waals surface area contributed by atoms with Gasteiger partial charge in [0.25, 0.3) is 5.91 Å². The maximum Gasteiger partial charge on any atom is 0.260 e. The number of aryl methyl sites for hydroxylation is 1. The molecule has 0 saturated carbocycles. The minimum absolute atomic E-state index is 0. The number of hydrogen-bond donors (Lipinski definition) is 3. The summed E-state index contributed by atoms with van der Waals surface area (Å²) in [6.45, 7) is 5.77. The zero-order valence-electron chi connectivity index (χ0n) is 14.1. The molecule has 2 aromatic rings. The second kappa shape index (κ2) is 9.76. The third kappa shape index (κ3) is 6.66. The fraction of sp³-hybridized carbons (Fsp3) is 0.400. The number of amides is 2. The lowest BCUT2D eigenvalue weighted by Gasteiger charge is -2.23. The number of hydrogen-bond acceptors (Lipinski definition) is 6. The molecule has 0 unspecified atom stereocenters. The average molecular weight is 409 g/mol. The van der Waals surface area contributed by atoms with Crippen molar-refractivity contribution in [2.24, 2.45) is 5.73 Å². The lowest BCUT2D eigenvalue weighted by atomic mass is 10.1. The molecule has 0 radical (unpaired) electrons. The minimum atomic E-state index is -0.455. The van der Waals surface area contributed by atoms with E-state index in [2.05, 4.69) is 15.6 Å². The Morgan fingerprint density at radius 3 is 2.60 bits per heavy atom. The van der Waals surface area contributed by atoms with E-state index in [9.17, 15) is 9.59 Å². The predicted molar refractivity (Wildman–Crippen MR) is 103 cm³/mol. The monoisotopic (exact) mass is 408 g/mol. The highest BCUT2D eigenvalue weighted by atomic mass is 35.5. The van der Waals surface area contributed by atoms with E-state index < -0.39 is 5.54 Å². The maximum absolute atomic E-state index is 12.1. The summed E-state index contributed by atoms with van der Waals surface area (Å²) < 4.78 is 5.10. The molecule has 25 heavy (non-hydrogen) atoms. The van der Waals surface area contributed by atoms with Crippen molar-refractivity contribution in [3.63, 3.8) is 0 Å². The van der Waals surface area contributed by atoms with Crippen LogP contribution in [-0.4, -0.2) is 28.9 Å². The van der Waals surface area contributed by atoms with Crippen molar-refractivity contribution in [3.05, 3.63) is 34.7 Å². The number of carbonyl (C=O) groups excluding carboxylic acids is 2. The maximum atomic E-state index is 12.1. The summed E-state index contributed by atoms with van der Waals surface area (Å²) in [5.41, 5.74) is 6.19. The van der Waals surface area contributed by atoms with Gasteiger partial charge in [-0.15, -0.1) is 36.2 Å². The van der Waals surface area contributed by atoms with Crippen LogP contribution in [0.1, 0.15) is 35.7 Å². The number of nitrogens with zero attached hydrogens (tertiary/aromatic N) is 1. The molecule has 2 rings (SSSR count). The third-order valence-electron chi connectivity index (χ3n) is 3.21. The van der Waals surface area contributed by atoms with Gasteiger partial charge in [0.1, 0.15) is 5.76 Å². The van der Waals surface area contributed by atoms with Crippen LogP contribution in [0.3, 0.4) is 0 Å². The highest BCUT2D eigenvalue weighted by Crippen LogP contribution is 2.18. The number of nitrogens with two attached hydrogens (primary N) is 1. The molecular formula is C15H22Cl2N4O3S. The summed E-state index contributed by atoms with van der Waals surface area (Å²) in [5.74, 6) is 0.0999. The van der Waals surface area contributed by atoms with Gasteiger partial charge in [0.15, 0.2) is 5.13 Å². The van der Waals surface area contributed by atoms with E-state index in [4.69, 9.17) is 10.2 Å². The fourth-order valence-electron chi connectivity index (χ4n) is 1.87. The Morgan fingerprint density at radius 2 is 2.04 bits per heavy atom. The SMILES string of the molecule is Cc1occc1C(=O)Nc1nc(CC(=O)NC(C)(C)CN)cs1.Cl.Cl. The summed E-state index contributed by atoms with van der Waals surface area (Å²) in [5, 5.41) is 7.71. The third-order valence-corrected chi connectivity index (χ3v) is 4.01. The molecule has 10 heteroatoms. The Labute approximate surface area is 162 Å². The number of halogens is 2. The molecule has 4 N–H and O–H groups in total. The molecule has 0 saturated heterocycles.